The van der Waals surface area contributed by atoms with E-state index in [1.54, 1.807) is 7.05 Å². The van der Waals surface area contributed by atoms with E-state index >= 15 is 0 Å². The van der Waals surface area contributed by atoms with Crippen LogP contribution in [0.4, 0.5) is 0 Å². The maximum Gasteiger partial charge on any atom is 0.329 e. The van der Waals surface area contributed by atoms with Crippen LogP contribution in [0.3, 0.4) is 0 Å². The van der Waals surface area contributed by atoms with Crippen LogP contribution in [0.2, 0.25) is 0 Å². The van der Waals surface area contributed by atoms with Crippen LogP contribution in [0.1, 0.15) is 12.5 Å². The van der Waals surface area contributed by atoms with Crippen LogP contribution in [0.15, 0.2) is 30.3 Å². The van der Waals surface area contributed by atoms with Crippen LogP contribution in [-0.2, 0) is 15.1 Å². The molecule has 0 bridgehead atoms. The summed E-state index contributed by atoms with van der Waals surface area (Å²) in [4.78, 5) is 13.8. The summed E-state index contributed by atoms with van der Waals surface area (Å²) in [5, 5.41) is 12.6. The second kappa shape index (κ2) is 7.99. The molecule has 20 heavy (non-hydrogen) atoms. The fraction of sp³-hybridized carbons (Fsp3) is 0.533. The molecule has 0 saturated carbocycles. The molecule has 0 saturated heterocycles. The number of carbonyl (C=O) groups is 1. The van der Waals surface area contributed by atoms with Crippen molar-refractivity contribution in [1.82, 2.24) is 10.2 Å². The minimum atomic E-state index is -1.11. The van der Waals surface area contributed by atoms with Crippen LogP contribution < -0.4 is 5.32 Å². The van der Waals surface area contributed by atoms with E-state index in [1.165, 1.54) is 0 Å². The van der Waals surface area contributed by atoms with Crippen molar-refractivity contribution in [2.24, 2.45) is 0 Å². The molecule has 5 nitrogen and oxygen atoms in total. The molecule has 1 aromatic carbocycles. The molecule has 0 amide bonds. The molecule has 1 unspecified atom stereocenters. The molecule has 2 N–H and O–H groups in total. The van der Waals surface area contributed by atoms with Crippen molar-refractivity contribution >= 4 is 5.97 Å². The lowest BCUT2D eigenvalue weighted by Gasteiger charge is -2.33. The Morgan fingerprint density at radius 3 is 2.55 bits per heavy atom. The molecule has 1 aromatic rings. The molecule has 112 valence electrons. The summed E-state index contributed by atoms with van der Waals surface area (Å²) in [6.07, 6.45) is 0. The molecule has 0 aliphatic heterocycles. The molecule has 0 aliphatic carbocycles. The largest absolute Gasteiger partial charge is 0.480 e. The zero-order chi connectivity index (χ0) is 15.0. The van der Waals surface area contributed by atoms with Crippen molar-refractivity contribution in [3.63, 3.8) is 0 Å². The van der Waals surface area contributed by atoms with E-state index in [2.05, 4.69) is 5.32 Å². The molecule has 0 spiro atoms. The average molecular weight is 280 g/mol. The SMILES string of the molecule is CCOCCN(C)CC(NC)(C(=O)O)c1ccccc1. The summed E-state index contributed by atoms with van der Waals surface area (Å²) in [5.74, 6) is -0.880. The molecule has 0 fully saturated rings. The highest BCUT2D eigenvalue weighted by molar-refractivity contribution is 5.81. The van der Waals surface area contributed by atoms with Crippen molar-refractivity contribution in [2.75, 3.05) is 40.4 Å². The van der Waals surface area contributed by atoms with Crippen LogP contribution >= 0.6 is 0 Å². The van der Waals surface area contributed by atoms with E-state index in [0.717, 1.165) is 5.56 Å². The minimum absolute atomic E-state index is 0.371. The van der Waals surface area contributed by atoms with Gasteiger partial charge >= 0.3 is 5.97 Å². The summed E-state index contributed by atoms with van der Waals surface area (Å²) in [5.41, 5.74) is -0.361. The summed E-state index contributed by atoms with van der Waals surface area (Å²) in [6.45, 7) is 4.27. The van der Waals surface area contributed by atoms with E-state index in [-0.39, 0.29) is 0 Å². The first-order valence-electron chi connectivity index (χ1n) is 6.81. The predicted molar refractivity (Wildman–Crippen MR) is 78.8 cm³/mol. The Bertz CT molecular complexity index is 411. The number of nitrogens with one attached hydrogen (secondary N) is 1. The lowest BCUT2D eigenvalue weighted by molar-refractivity contribution is -0.146. The molecule has 0 aliphatic rings. The highest BCUT2D eigenvalue weighted by atomic mass is 16.5. The van der Waals surface area contributed by atoms with Crippen molar-refractivity contribution < 1.29 is 14.6 Å². The number of carboxylic acids is 1. The van der Waals surface area contributed by atoms with Crippen molar-refractivity contribution in [3.8, 4) is 0 Å². The quantitative estimate of drug-likeness (QED) is 0.665. The second-order valence-corrected chi connectivity index (χ2v) is 4.76. The van der Waals surface area contributed by atoms with Gasteiger partial charge in [0.1, 0.15) is 0 Å². The highest BCUT2D eigenvalue weighted by Gasteiger charge is 2.39. The Morgan fingerprint density at radius 2 is 2.05 bits per heavy atom. The number of likely N-dealkylation sites (N-methyl/N-ethyl adjacent to an activating group) is 2. The third-order valence-corrected chi connectivity index (χ3v) is 3.39. The Labute approximate surface area is 120 Å². The van der Waals surface area contributed by atoms with Crippen molar-refractivity contribution in [1.29, 1.82) is 0 Å². The first-order valence-corrected chi connectivity index (χ1v) is 6.81. The molecule has 5 heteroatoms. The van der Waals surface area contributed by atoms with Crippen LogP contribution in [-0.4, -0.2) is 56.4 Å². The number of nitrogens with zero attached hydrogens (tertiary/aromatic N) is 1. The van der Waals surface area contributed by atoms with E-state index in [1.807, 2.05) is 49.2 Å². The number of rotatable bonds is 9. The summed E-state index contributed by atoms with van der Waals surface area (Å²) in [6, 6.07) is 9.25. The van der Waals surface area contributed by atoms with Gasteiger partial charge in [0.05, 0.1) is 6.61 Å². The highest BCUT2D eigenvalue weighted by Crippen LogP contribution is 2.22. The summed E-state index contributed by atoms with van der Waals surface area (Å²) >= 11 is 0. The van der Waals surface area contributed by atoms with Gasteiger partial charge in [-0.1, -0.05) is 30.3 Å². The average Bonchev–Trinajstić information content (AvgIpc) is 2.45. The smallest absolute Gasteiger partial charge is 0.329 e. The second-order valence-electron chi connectivity index (χ2n) is 4.76. The van der Waals surface area contributed by atoms with E-state index < -0.39 is 11.5 Å². The van der Waals surface area contributed by atoms with E-state index in [0.29, 0.717) is 26.3 Å². The fourth-order valence-electron chi connectivity index (χ4n) is 2.18. The molecule has 1 atom stereocenters. The lowest BCUT2D eigenvalue weighted by Crippen LogP contribution is -2.54. The Kier molecular flexibility index (Phi) is 6.64. The predicted octanol–water partition coefficient (Wildman–Crippen LogP) is 1.15. The monoisotopic (exact) mass is 280 g/mol. The minimum Gasteiger partial charge on any atom is -0.480 e. The lowest BCUT2D eigenvalue weighted by atomic mass is 9.89. The molecular weight excluding hydrogens is 256 g/mol. The van der Waals surface area contributed by atoms with E-state index in [9.17, 15) is 9.90 Å². The summed E-state index contributed by atoms with van der Waals surface area (Å²) in [7, 11) is 3.58. The topological polar surface area (TPSA) is 61.8 Å². The Hall–Kier alpha value is -1.43. The van der Waals surface area contributed by atoms with Gasteiger partial charge in [-0.15, -0.1) is 0 Å². The fourth-order valence-corrected chi connectivity index (χ4v) is 2.18. The van der Waals surface area contributed by atoms with Crippen LogP contribution in [0, 0.1) is 0 Å². The van der Waals surface area contributed by atoms with Gasteiger partial charge in [0.15, 0.2) is 5.54 Å². The number of hydrogen-bond donors (Lipinski definition) is 2. The molecule has 1 rings (SSSR count). The van der Waals surface area contributed by atoms with Crippen molar-refractivity contribution in [3.05, 3.63) is 35.9 Å². The van der Waals surface area contributed by atoms with Crippen molar-refractivity contribution in [2.45, 2.75) is 12.5 Å². The Morgan fingerprint density at radius 1 is 1.40 bits per heavy atom. The Balaban J connectivity index is 2.87. The molecule has 0 aromatic heterocycles. The van der Waals surface area contributed by atoms with Gasteiger partial charge in [-0.25, -0.2) is 4.79 Å². The van der Waals surface area contributed by atoms with Gasteiger partial charge in [0.2, 0.25) is 0 Å². The zero-order valence-corrected chi connectivity index (χ0v) is 12.4. The maximum absolute atomic E-state index is 11.8. The molecule has 0 heterocycles. The first-order chi connectivity index (χ1) is 9.56. The number of hydrogen-bond acceptors (Lipinski definition) is 4. The number of benzene rings is 1. The summed E-state index contributed by atoms with van der Waals surface area (Å²) < 4.78 is 5.31. The van der Waals surface area contributed by atoms with Gasteiger partial charge in [0.25, 0.3) is 0 Å². The molecule has 0 radical (unpaired) electrons. The van der Waals surface area contributed by atoms with Crippen LogP contribution in [0.25, 0.3) is 0 Å². The zero-order valence-electron chi connectivity index (χ0n) is 12.4. The number of carboxylic acid groups (broad SMARTS) is 1. The van der Waals surface area contributed by atoms with Gasteiger partial charge in [-0.2, -0.15) is 0 Å². The third-order valence-electron chi connectivity index (χ3n) is 3.39. The van der Waals surface area contributed by atoms with Gasteiger partial charge in [0, 0.05) is 19.7 Å². The molecular formula is C15H24N2O3. The standard InChI is InChI=1S/C15H24N2O3/c1-4-20-11-10-17(3)12-15(16-2,14(18)19)13-8-6-5-7-9-13/h5-9,16H,4,10-12H2,1-3H3,(H,18,19). The first kappa shape index (κ1) is 16.6. The normalized spacial score (nSPS) is 14.2. The maximum atomic E-state index is 11.8. The third kappa shape index (κ3) is 4.03. The van der Waals surface area contributed by atoms with Gasteiger partial charge < -0.3 is 20.1 Å². The van der Waals surface area contributed by atoms with Gasteiger partial charge in [-0.3, -0.25) is 0 Å². The van der Waals surface area contributed by atoms with E-state index in [4.69, 9.17) is 4.74 Å². The number of aliphatic carboxylic acids is 1. The van der Waals surface area contributed by atoms with Gasteiger partial charge in [-0.05, 0) is 26.6 Å². The number of ether oxygens (including phenoxy) is 1. The van der Waals surface area contributed by atoms with Crippen LogP contribution in [0.5, 0.6) is 0 Å².